The van der Waals surface area contributed by atoms with Crippen LogP contribution in [0.5, 0.6) is 5.75 Å². The van der Waals surface area contributed by atoms with Crippen molar-refractivity contribution in [2.24, 2.45) is 0 Å². The van der Waals surface area contributed by atoms with Crippen molar-refractivity contribution in [2.75, 3.05) is 11.9 Å². The molecular weight excluding hydrogens is 337 g/mol. The summed E-state index contributed by atoms with van der Waals surface area (Å²) in [5.41, 5.74) is 0.847. The van der Waals surface area contributed by atoms with Gasteiger partial charge < -0.3 is 10.1 Å². The van der Waals surface area contributed by atoms with E-state index in [1.54, 1.807) is 30.3 Å². The van der Waals surface area contributed by atoms with Gasteiger partial charge in [-0.1, -0.05) is 18.7 Å². The van der Waals surface area contributed by atoms with Gasteiger partial charge in [-0.15, -0.1) is 0 Å². The minimum absolute atomic E-state index is 0.323. The molecule has 2 aromatic carbocycles. The summed E-state index contributed by atoms with van der Waals surface area (Å²) in [6.45, 7) is 3.95. The number of carbonyl (C=O) groups excluding carboxylic acids is 1. The Morgan fingerprint density at radius 3 is 2.81 bits per heavy atom. The van der Waals surface area contributed by atoms with Gasteiger partial charge in [0.05, 0.1) is 4.47 Å². The minimum atomic E-state index is -0.401. The number of ether oxygens (including phenoxy) is 1. The maximum atomic E-state index is 13.1. The molecule has 21 heavy (non-hydrogen) atoms. The summed E-state index contributed by atoms with van der Waals surface area (Å²) in [6, 6.07) is 10.7. The number of hydrogen-bond acceptors (Lipinski definition) is 2. The molecule has 2 aromatic rings. The van der Waals surface area contributed by atoms with Crippen LogP contribution in [0.25, 0.3) is 0 Å². The molecule has 0 saturated heterocycles. The molecule has 1 amide bonds. The standard InChI is InChI=1S/C16H13BrFNO2/c1-2-8-21-15-7-6-11(9-14(15)17)16(20)19-13-5-3-4-12(18)10-13/h2-7,9-10H,1,8H2,(H,19,20). The Morgan fingerprint density at radius 2 is 2.14 bits per heavy atom. The quantitative estimate of drug-likeness (QED) is 0.812. The zero-order valence-electron chi connectivity index (χ0n) is 11.1. The summed E-state index contributed by atoms with van der Waals surface area (Å²) >= 11 is 3.34. The Bertz CT molecular complexity index is 673. The highest BCUT2D eigenvalue weighted by atomic mass is 79.9. The lowest BCUT2D eigenvalue weighted by Crippen LogP contribution is -2.12. The Labute approximate surface area is 130 Å². The minimum Gasteiger partial charge on any atom is -0.488 e. The van der Waals surface area contributed by atoms with Crippen LogP contribution in [0.1, 0.15) is 10.4 Å². The number of rotatable bonds is 5. The van der Waals surface area contributed by atoms with Crippen LogP contribution in [0.4, 0.5) is 10.1 Å². The first kappa shape index (κ1) is 15.3. The van der Waals surface area contributed by atoms with Crippen molar-refractivity contribution in [1.82, 2.24) is 0 Å². The van der Waals surface area contributed by atoms with Gasteiger partial charge in [0.15, 0.2) is 0 Å². The molecule has 0 fully saturated rings. The van der Waals surface area contributed by atoms with E-state index in [1.165, 1.54) is 18.2 Å². The normalized spacial score (nSPS) is 10.0. The Kier molecular flexibility index (Phi) is 5.11. The van der Waals surface area contributed by atoms with Crippen LogP contribution in [-0.4, -0.2) is 12.5 Å². The fourth-order valence-corrected chi connectivity index (χ4v) is 2.17. The molecule has 0 unspecified atom stereocenters. The van der Waals surface area contributed by atoms with Gasteiger partial charge in [0.25, 0.3) is 5.91 Å². The van der Waals surface area contributed by atoms with E-state index in [4.69, 9.17) is 4.74 Å². The molecule has 1 N–H and O–H groups in total. The van der Waals surface area contributed by atoms with Gasteiger partial charge in [-0.2, -0.15) is 0 Å². The van der Waals surface area contributed by atoms with Gasteiger partial charge in [-0.3, -0.25) is 4.79 Å². The molecule has 0 aliphatic heterocycles. The van der Waals surface area contributed by atoms with Crippen molar-refractivity contribution < 1.29 is 13.9 Å². The molecule has 5 heteroatoms. The summed E-state index contributed by atoms with van der Waals surface area (Å²) in [5, 5.41) is 2.63. The molecule has 0 saturated carbocycles. The van der Waals surface area contributed by atoms with Crippen LogP contribution in [0.2, 0.25) is 0 Å². The van der Waals surface area contributed by atoms with Gasteiger partial charge in [-0.25, -0.2) is 4.39 Å². The molecule has 0 atom stereocenters. The van der Waals surface area contributed by atoms with Crippen LogP contribution in [0.15, 0.2) is 59.6 Å². The van der Waals surface area contributed by atoms with Crippen LogP contribution in [-0.2, 0) is 0 Å². The van der Waals surface area contributed by atoms with E-state index in [9.17, 15) is 9.18 Å². The lowest BCUT2D eigenvalue weighted by atomic mass is 10.2. The SMILES string of the molecule is C=CCOc1ccc(C(=O)Nc2cccc(F)c2)cc1Br. The predicted octanol–water partition coefficient (Wildman–Crippen LogP) is 4.41. The number of hydrogen-bond donors (Lipinski definition) is 1. The zero-order valence-corrected chi connectivity index (χ0v) is 12.7. The molecule has 0 heterocycles. The van der Waals surface area contributed by atoms with E-state index >= 15 is 0 Å². The second-order valence-corrected chi connectivity index (χ2v) is 5.06. The molecule has 3 nitrogen and oxygen atoms in total. The molecule has 0 spiro atoms. The first-order valence-electron chi connectivity index (χ1n) is 6.20. The van der Waals surface area contributed by atoms with Gasteiger partial charge in [-0.05, 0) is 52.3 Å². The number of carbonyl (C=O) groups is 1. The Hall–Kier alpha value is -2.14. The first-order chi connectivity index (χ1) is 10.1. The Morgan fingerprint density at radius 1 is 1.33 bits per heavy atom. The van der Waals surface area contributed by atoms with Crippen LogP contribution < -0.4 is 10.1 Å². The highest BCUT2D eigenvalue weighted by Crippen LogP contribution is 2.26. The number of nitrogens with one attached hydrogen (secondary N) is 1. The molecule has 0 aliphatic carbocycles. The number of halogens is 2. The average Bonchev–Trinajstić information content (AvgIpc) is 2.46. The lowest BCUT2D eigenvalue weighted by Gasteiger charge is -2.09. The van der Waals surface area contributed by atoms with Gasteiger partial charge in [0.2, 0.25) is 0 Å². The van der Waals surface area contributed by atoms with Crippen molar-refractivity contribution in [3.8, 4) is 5.75 Å². The van der Waals surface area contributed by atoms with Gasteiger partial charge in [0, 0.05) is 11.3 Å². The van der Waals surface area contributed by atoms with E-state index in [0.717, 1.165) is 0 Å². The van der Waals surface area contributed by atoms with Crippen molar-refractivity contribution in [3.63, 3.8) is 0 Å². The van der Waals surface area contributed by atoms with Crippen molar-refractivity contribution in [3.05, 3.63) is 71.0 Å². The fraction of sp³-hybridized carbons (Fsp3) is 0.0625. The van der Waals surface area contributed by atoms with E-state index in [1.807, 2.05) is 0 Å². The van der Waals surface area contributed by atoms with Gasteiger partial charge in [0.1, 0.15) is 18.2 Å². The molecule has 2 rings (SSSR count). The summed E-state index contributed by atoms with van der Waals surface area (Å²) in [7, 11) is 0. The Balaban J connectivity index is 2.12. The second kappa shape index (κ2) is 7.04. The summed E-state index contributed by atoms with van der Waals surface area (Å²) in [5.74, 6) is -0.101. The third-order valence-corrected chi connectivity index (χ3v) is 3.25. The maximum absolute atomic E-state index is 13.1. The fourth-order valence-electron chi connectivity index (χ4n) is 1.68. The molecular formula is C16H13BrFNO2. The van der Waals surface area contributed by atoms with Gasteiger partial charge >= 0.3 is 0 Å². The largest absolute Gasteiger partial charge is 0.488 e. The number of benzene rings is 2. The van der Waals surface area contributed by atoms with Crippen molar-refractivity contribution >= 4 is 27.5 Å². The topological polar surface area (TPSA) is 38.3 Å². The highest BCUT2D eigenvalue weighted by molar-refractivity contribution is 9.10. The van der Waals surface area contributed by atoms with Crippen LogP contribution in [0, 0.1) is 5.82 Å². The number of anilines is 1. The molecule has 0 bridgehead atoms. The third-order valence-electron chi connectivity index (χ3n) is 2.63. The smallest absolute Gasteiger partial charge is 0.255 e. The summed E-state index contributed by atoms with van der Waals surface area (Å²) in [6.07, 6.45) is 1.64. The van der Waals surface area contributed by atoms with Crippen LogP contribution >= 0.6 is 15.9 Å². The van der Waals surface area contributed by atoms with E-state index < -0.39 is 5.82 Å². The van der Waals surface area contributed by atoms with E-state index in [-0.39, 0.29) is 5.91 Å². The highest BCUT2D eigenvalue weighted by Gasteiger charge is 2.09. The summed E-state index contributed by atoms with van der Waals surface area (Å²) < 4.78 is 19.1. The molecule has 0 radical (unpaired) electrons. The second-order valence-electron chi connectivity index (χ2n) is 4.21. The zero-order chi connectivity index (χ0) is 15.2. The number of amides is 1. The van der Waals surface area contributed by atoms with Crippen molar-refractivity contribution in [2.45, 2.75) is 0 Å². The average molecular weight is 350 g/mol. The molecule has 0 aliphatic rings. The van der Waals surface area contributed by atoms with Crippen molar-refractivity contribution in [1.29, 1.82) is 0 Å². The van der Waals surface area contributed by atoms with Crippen LogP contribution in [0.3, 0.4) is 0 Å². The molecule has 108 valence electrons. The monoisotopic (exact) mass is 349 g/mol. The van der Waals surface area contributed by atoms with E-state index in [0.29, 0.717) is 28.1 Å². The maximum Gasteiger partial charge on any atom is 0.255 e. The first-order valence-corrected chi connectivity index (χ1v) is 6.99. The van der Waals surface area contributed by atoms with E-state index in [2.05, 4.69) is 27.8 Å². The lowest BCUT2D eigenvalue weighted by molar-refractivity contribution is 0.102. The molecule has 0 aromatic heterocycles. The summed E-state index contributed by atoms with van der Waals surface area (Å²) in [4.78, 5) is 12.1. The predicted molar refractivity (Wildman–Crippen MR) is 84.2 cm³/mol. The third kappa shape index (κ3) is 4.16.